The normalized spacial score (nSPS) is 8.63. The lowest BCUT2D eigenvalue weighted by atomic mass is 10.8. The van der Waals surface area contributed by atoms with Crippen molar-refractivity contribution in [1.29, 1.82) is 0 Å². The number of hydrogen-bond acceptors (Lipinski definition) is 8. The van der Waals surface area contributed by atoms with E-state index in [0.29, 0.717) is 0 Å². The number of rotatable bonds is 8. The third-order valence-electron chi connectivity index (χ3n) is 1.09. The monoisotopic (exact) mass is 284 g/mol. The van der Waals surface area contributed by atoms with E-state index < -0.39 is 0 Å². The second-order valence-electron chi connectivity index (χ2n) is 2.73. The van der Waals surface area contributed by atoms with Crippen molar-refractivity contribution in [1.82, 2.24) is 0 Å². The lowest BCUT2D eigenvalue weighted by Gasteiger charge is -2.00. The van der Waals surface area contributed by atoms with Crippen LogP contribution in [-0.4, -0.2) is 53.3 Å². The van der Waals surface area contributed by atoms with E-state index in [0.717, 1.165) is 0 Å². The van der Waals surface area contributed by atoms with Gasteiger partial charge in [-0.15, -0.1) is 0 Å². The first-order valence-electron chi connectivity index (χ1n) is 4.94. The van der Waals surface area contributed by atoms with E-state index in [-0.39, 0.29) is 46.5 Å². The Kier molecular flexibility index (Phi) is 23.1. The summed E-state index contributed by atoms with van der Waals surface area (Å²) in [5.74, 6) is -0.711. The Morgan fingerprint density at radius 2 is 1.05 bits per heavy atom. The van der Waals surface area contributed by atoms with Gasteiger partial charge in [0, 0.05) is 28.1 Å². The maximum Gasteiger partial charge on any atom is 0.304 e. The summed E-state index contributed by atoms with van der Waals surface area (Å²) in [5, 5.41) is 0. The van der Waals surface area contributed by atoms with E-state index in [2.05, 4.69) is 28.4 Å². The van der Waals surface area contributed by atoms with Gasteiger partial charge in [0.05, 0.1) is 0 Å². The SMILES string of the molecule is C.COCOCOC(C)=O.COCOCOC(C)=O. The van der Waals surface area contributed by atoms with Crippen molar-refractivity contribution in [2.45, 2.75) is 21.3 Å². The Labute approximate surface area is 113 Å². The Morgan fingerprint density at radius 1 is 0.737 bits per heavy atom. The molecule has 116 valence electrons. The highest BCUT2D eigenvalue weighted by Gasteiger charge is 1.89. The van der Waals surface area contributed by atoms with E-state index >= 15 is 0 Å². The first-order valence-corrected chi connectivity index (χ1v) is 4.94. The van der Waals surface area contributed by atoms with E-state index in [1.54, 1.807) is 0 Å². The number of carbonyl (C=O) groups excluding carboxylic acids is 2. The van der Waals surface area contributed by atoms with Gasteiger partial charge in [-0.05, 0) is 0 Å². The lowest BCUT2D eigenvalue weighted by Crippen LogP contribution is -2.05. The van der Waals surface area contributed by atoms with Crippen LogP contribution >= 0.6 is 0 Å². The van der Waals surface area contributed by atoms with Gasteiger partial charge in [0.25, 0.3) is 0 Å². The summed E-state index contributed by atoms with van der Waals surface area (Å²) < 4.78 is 27.1. The quantitative estimate of drug-likeness (QED) is 0.369. The van der Waals surface area contributed by atoms with Crippen LogP contribution in [0.1, 0.15) is 21.3 Å². The molecule has 0 aromatic carbocycles. The molecule has 0 aliphatic rings. The number of methoxy groups -OCH3 is 2. The highest BCUT2D eigenvalue weighted by Crippen LogP contribution is 1.79. The minimum absolute atomic E-state index is 0. The Morgan fingerprint density at radius 3 is 1.26 bits per heavy atom. The zero-order valence-electron chi connectivity index (χ0n) is 11.1. The van der Waals surface area contributed by atoms with Crippen LogP contribution < -0.4 is 0 Å². The van der Waals surface area contributed by atoms with Crippen molar-refractivity contribution in [2.75, 3.05) is 41.4 Å². The summed E-state index contributed by atoms with van der Waals surface area (Å²) in [4.78, 5) is 20.1. The fourth-order valence-electron chi connectivity index (χ4n) is 0.484. The number of hydrogen-bond donors (Lipinski definition) is 0. The number of ether oxygens (including phenoxy) is 6. The Balaban J connectivity index is -0.000000256. The average Bonchev–Trinajstić information content (AvgIpc) is 2.31. The molecule has 0 rings (SSSR count). The predicted molar refractivity (Wildman–Crippen MR) is 65.9 cm³/mol. The van der Waals surface area contributed by atoms with Crippen LogP contribution in [0.4, 0.5) is 0 Å². The van der Waals surface area contributed by atoms with Crippen molar-refractivity contribution < 1.29 is 38.0 Å². The third kappa shape index (κ3) is 31.5. The van der Waals surface area contributed by atoms with Gasteiger partial charge in [0.1, 0.15) is 13.6 Å². The van der Waals surface area contributed by atoms with Gasteiger partial charge in [0.15, 0.2) is 13.6 Å². The van der Waals surface area contributed by atoms with Crippen molar-refractivity contribution in [3.8, 4) is 0 Å². The summed E-state index contributed by atoms with van der Waals surface area (Å²) in [5.41, 5.74) is 0. The molecule has 19 heavy (non-hydrogen) atoms. The second kappa shape index (κ2) is 19.1. The maximum absolute atomic E-state index is 10.1. The second-order valence-corrected chi connectivity index (χ2v) is 2.73. The van der Waals surface area contributed by atoms with Crippen molar-refractivity contribution in [3.05, 3.63) is 0 Å². The molecular formula is C11H24O8. The molecule has 0 spiro atoms. The molecule has 0 amide bonds. The maximum atomic E-state index is 10.1. The van der Waals surface area contributed by atoms with Crippen LogP contribution in [0.25, 0.3) is 0 Å². The summed E-state index contributed by atoms with van der Waals surface area (Å²) in [6.45, 7) is 2.85. The van der Waals surface area contributed by atoms with Gasteiger partial charge < -0.3 is 28.4 Å². The van der Waals surface area contributed by atoms with Crippen LogP contribution in [-0.2, 0) is 38.0 Å². The standard InChI is InChI=1S/2C5H10O4.CH4/c2*1-5(6)9-4-8-3-7-2;/h2*3-4H2,1-2H3;1H4. The third-order valence-corrected chi connectivity index (χ3v) is 1.09. The van der Waals surface area contributed by atoms with Crippen LogP contribution in [0.3, 0.4) is 0 Å². The van der Waals surface area contributed by atoms with Gasteiger partial charge >= 0.3 is 11.9 Å². The summed E-state index contributed by atoms with van der Waals surface area (Å²) in [6, 6.07) is 0. The zero-order valence-corrected chi connectivity index (χ0v) is 11.1. The molecular weight excluding hydrogens is 260 g/mol. The van der Waals surface area contributed by atoms with Crippen LogP contribution in [0.15, 0.2) is 0 Å². The minimum atomic E-state index is -0.355. The van der Waals surface area contributed by atoms with E-state index in [4.69, 9.17) is 0 Å². The van der Waals surface area contributed by atoms with Gasteiger partial charge in [-0.3, -0.25) is 9.59 Å². The number of esters is 2. The summed E-state index contributed by atoms with van der Waals surface area (Å²) >= 11 is 0. The fourth-order valence-corrected chi connectivity index (χ4v) is 0.484. The molecule has 0 atom stereocenters. The molecule has 0 fully saturated rings. The molecule has 0 aliphatic carbocycles. The average molecular weight is 284 g/mol. The highest BCUT2D eigenvalue weighted by molar-refractivity contribution is 5.66. The fraction of sp³-hybridized carbons (Fsp3) is 0.818. The van der Waals surface area contributed by atoms with Crippen molar-refractivity contribution in [2.24, 2.45) is 0 Å². The van der Waals surface area contributed by atoms with E-state index in [9.17, 15) is 9.59 Å². The lowest BCUT2D eigenvalue weighted by molar-refractivity contribution is -0.164. The summed E-state index contributed by atoms with van der Waals surface area (Å²) in [6.07, 6.45) is 0. The minimum Gasteiger partial charge on any atom is -0.439 e. The molecule has 0 bridgehead atoms. The predicted octanol–water partition coefficient (Wildman–Crippen LogP) is 0.891. The van der Waals surface area contributed by atoms with E-state index in [1.807, 2.05) is 0 Å². The van der Waals surface area contributed by atoms with Gasteiger partial charge in [-0.2, -0.15) is 0 Å². The molecule has 0 radical (unpaired) electrons. The topological polar surface area (TPSA) is 89.5 Å². The smallest absolute Gasteiger partial charge is 0.304 e. The highest BCUT2D eigenvalue weighted by atomic mass is 16.7. The first-order chi connectivity index (χ1) is 8.54. The molecule has 0 saturated heterocycles. The van der Waals surface area contributed by atoms with E-state index in [1.165, 1.54) is 28.1 Å². The largest absolute Gasteiger partial charge is 0.439 e. The van der Waals surface area contributed by atoms with Gasteiger partial charge in [-0.1, -0.05) is 7.43 Å². The molecule has 0 aliphatic heterocycles. The Hall–Kier alpha value is -1.22. The van der Waals surface area contributed by atoms with Crippen LogP contribution in [0.2, 0.25) is 0 Å². The molecule has 0 aromatic heterocycles. The van der Waals surface area contributed by atoms with Crippen LogP contribution in [0.5, 0.6) is 0 Å². The molecule has 0 heterocycles. The molecule has 8 heteroatoms. The van der Waals surface area contributed by atoms with Gasteiger partial charge in [0.2, 0.25) is 0 Å². The first kappa shape index (κ1) is 22.9. The molecule has 0 N–H and O–H groups in total. The number of carbonyl (C=O) groups is 2. The zero-order chi connectivity index (χ0) is 14.2. The summed E-state index contributed by atoms with van der Waals surface area (Å²) in [7, 11) is 2.99. The Bertz CT molecular complexity index is 185. The molecule has 8 nitrogen and oxygen atoms in total. The van der Waals surface area contributed by atoms with Gasteiger partial charge in [-0.25, -0.2) is 0 Å². The van der Waals surface area contributed by atoms with Crippen LogP contribution in [0, 0.1) is 0 Å². The molecule has 0 unspecified atom stereocenters. The molecule has 0 saturated carbocycles. The van der Waals surface area contributed by atoms with Crippen molar-refractivity contribution in [3.63, 3.8) is 0 Å². The molecule has 0 aromatic rings. The van der Waals surface area contributed by atoms with Crippen molar-refractivity contribution >= 4 is 11.9 Å².